The molecule has 2 aromatic heterocycles. The summed E-state index contributed by atoms with van der Waals surface area (Å²) in [5, 5.41) is 7.50. The van der Waals surface area contributed by atoms with E-state index in [9.17, 15) is 0 Å². The van der Waals surface area contributed by atoms with Gasteiger partial charge in [0.1, 0.15) is 0 Å². The van der Waals surface area contributed by atoms with E-state index in [0.717, 1.165) is 11.4 Å². The molecular formula is C11H16N6. The summed E-state index contributed by atoms with van der Waals surface area (Å²) in [4.78, 5) is 8.17. The fourth-order valence-electron chi connectivity index (χ4n) is 1.67. The molecule has 3 N–H and O–H groups in total. The van der Waals surface area contributed by atoms with Gasteiger partial charge in [0.05, 0.1) is 23.8 Å². The Morgan fingerprint density at radius 2 is 1.94 bits per heavy atom. The second kappa shape index (κ2) is 4.40. The van der Waals surface area contributed by atoms with Crippen molar-refractivity contribution in [2.75, 3.05) is 11.1 Å². The minimum Gasteiger partial charge on any atom is -0.396 e. The van der Waals surface area contributed by atoms with Gasteiger partial charge in [-0.05, 0) is 13.8 Å². The largest absolute Gasteiger partial charge is 0.396 e. The topological polar surface area (TPSA) is 81.7 Å². The van der Waals surface area contributed by atoms with E-state index in [1.807, 2.05) is 25.6 Å². The molecule has 2 rings (SSSR count). The number of anilines is 2. The molecule has 0 aromatic carbocycles. The third-order valence-electron chi connectivity index (χ3n) is 2.75. The summed E-state index contributed by atoms with van der Waals surface area (Å²) >= 11 is 0. The van der Waals surface area contributed by atoms with Crippen LogP contribution in [0.25, 0.3) is 0 Å². The number of nitrogens with one attached hydrogen (secondary N) is 1. The van der Waals surface area contributed by atoms with Gasteiger partial charge in [-0.1, -0.05) is 0 Å². The van der Waals surface area contributed by atoms with Crippen LogP contribution in [0.2, 0.25) is 0 Å². The highest BCUT2D eigenvalue weighted by molar-refractivity contribution is 5.37. The standard InChI is InChI=1S/C11H16N6/c1-7-10(8(2)17(3)16-7)6-15-11-13-4-9(12)5-14-11/h4-5H,6,12H2,1-3H3,(H,13,14,15). The van der Waals surface area contributed by atoms with Crippen LogP contribution < -0.4 is 11.1 Å². The zero-order valence-electron chi connectivity index (χ0n) is 10.2. The number of aromatic nitrogens is 4. The highest BCUT2D eigenvalue weighted by atomic mass is 15.3. The second-order valence-corrected chi connectivity index (χ2v) is 3.97. The molecule has 6 heteroatoms. The SMILES string of the molecule is Cc1nn(C)c(C)c1CNc1ncc(N)cn1. The van der Waals surface area contributed by atoms with Crippen molar-refractivity contribution in [2.24, 2.45) is 7.05 Å². The van der Waals surface area contributed by atoms with Crippen LogP contribution in [0, 0.1) is 13.8 Å². The Morgan fingerprint density at radius 3 is 2.47 bits per heavy atom. The van der Waals surface area contributed by atoms with Crippen molar-refractivity contribution in [3.8, 4) is 0 Å². The number of nitrogen functional groups attached to an aromatic ring is 1. The van der Waals surface area contributed by atoms with Crippen LogP contribution in [0.15, 0.2) is 12.4 Å². The number of nitrogens with two attached hydrogens (primary N) is 1. The van der Waals surface area contributed by atoms with Crippen LogP contribution in [0.4, 0.5) is 11.6 Å². The predicted molar refractivity (Wildman–Crippen MR) is 66.5 cm³/mol. The number of hydrogen-bond donors (Lipinski definition) is 2. The monoisotopic (exact) mass is 232 g/mol. The summed E-state index contributed by atoms with van der Waals surface area (Å²) in [5.74, 6) is 0.571. The maximum Gasteiger partial charge on any atom is 0.222 e. The number of rotatable bonds is 3. The smallest absolute Gasteiger partial charge is 0.222 e. The van der Waals surface area contributed by atoms with E-state index < -0.39 is 0 Å². The lowest BCUT2D eigenvalue weighted by Crippen LogP contribution is -2.05. The first-order valence-electron chi connectivity index (χ1n) is 5.38. The summed E-state index contributed by atoms with van der Waals surface area (Å²) in [7, 11) is 1.94. The molecule has 0 aliphatic carbocycles. The first kappa shape index (κ1) is 11.4. The van der Waals surface area contributed by atoms with Crippen molar-refractivity contribution in [2.45, 2.75) is 20.4 Å². The second-order valence-electron chi connectivity index (χ2n) is 3.97. The minimum absolute atomic E-state index is 0.560. The van der Waals surface area contributed by atoms with Crippen molar-refractivity contribution in [1.29, 1.82) is 0 Å². The van der Waals surface area contributed by atoms with Crippen molar-refractivity contribution < 1.29 is 0 Å². The summed E-state index contributed by atoms with van der Waals surface area (Å²) in [6.45, 7) is 4.70. The Morgan fingerprint density at radius 1 is 1.29 bits per heavy atom. The lowest BCUT2D eigenvalue weighted by atomic mass is 10.2. The molecule has 0 saturated carbocycles. The predicted octanol–water partition coefficient (Wildman–Crippen LogP) is 1.02. The third kappa shape index (κ3) is 2.35. The van der Waals surface area contributed by atoms with Gasteiger partial charge in [0.25, 0.3) is 0 Å². The Labute approximate surface area is 99.9 Å². The van der Waals surface area contributed by atoms with Gasteiger partial charge in [-0.3, -0.25) is 4.68 Å². The quantitative estimate of drug-likeness (QED) is 0.825. The number of hydrogen-bond acceptors (Lipinski definition) is 5. The van der Waals surface area contributed by atoms with E-state index in [1.54, 1.807) is 12.4 Å². The third-order valence-corrected chi connectivity index (χ3v) is 2.75. The van der Waals surface area contributed by atoms with Crippen LogP contribution in [0.1, 0.15) is 17.0 Å². The van der Waals surface area contributed by atoms with Crippen LogP contribution in [-0.2, 0) is 13.6 Å². The van der Waals surface area contributed by atoms with Gasteiger partial charge < -0.3 is 11.1 Å². The molecule has 0 saturated heterocycles. The van der Waals surface area contributed by atoms with Gasteiger partial charge in [0, 0.05) is 24.8 Å². The van der Waals surface area contributed by atoms with Gasteiger partial charge in [0.2, 0.25) is 5.95 Å². The normalized spacial score (nSPS) is 10.5. The van der Waals surface area contributed by atoms with Gasteiger partial charge >= 0.3 is 0 Å². The van der Waals surface area contributed by atoms with E-state index in [-0.39, 0.29) is 0 Å². The van der Waals surface area contributed by atoms with Gasteiger partial charge in [-0.2, -0.15) is 5.10 Å². The van der Waals surface area contributed by atoms with E-state index in [4.69, 9.17) is 5.73 Å². The van der Waals surface area contributed by atoms with Crippen molar-refractivity contribution in [3.63, 3.8) is 0 Å². The average Bonchev–Trinajstić information content (AvgIpc) is 2.54. The van der Waals surface area contributed by atoms with Crippen LogP contribution >= 0.6 is 0 Å². The molecular weight excluding hydrogens is 216 g/mol. The highest BCUT2D eigenvalue weighted by Gasteiger charge is 2.09. The molecule has 0 unspecified atom stereocenters. The Kier molecular flexibility index (Phi) is 2.95. The van der Waals surface area contributed by atoms with E-state index >= 15 is 0 Å². The number of nitrogens with zero attached hydrogens (tertiary/aromatic N) is 4. The summed E-state index contributed by atoms with van der Waals surface area (Å²) in [6, 6.07) is 0. The van der Waals surface area contributed by atoms with Crippen molar-refractivity contribution >= 4 is 11.6 Å². The summed E-state index contributed by atoms with van der Waals surface area (Å²) in [5.41, 5.74) is 9.42. The van der Waals surface area contributed by atoms with E-state index in [2.05, 4.69) is 20.4 Å². The number of aryl methyl sites for hydroxylation is 2. The maximum atomic E-state index is 5.52. The van der Waals surface area contributed by atoms with Crippen LogP contribution in [0.3, 0.4) is 0 Å². The fraction of sp³-hybridized carbons (Fsp3) is 0.364. The molecule has 2 heterocycles. The van der Waals surface area contributed by atoms with E-state index in [1.165, 1.54) is 5.56 Å². The first-order chi connectivity index (χ1) is 8.08. The molecule has 2 aromatic rings. The molecule has 0 spiro atoms. The molecule has 0 aliphatic heterocycles. The van der Waals surface area contributed by atoms with Crippen LogP contribution in [-0.4, -0.2) is 19.7 Å². The van der Waals surface area contributed by atoms with Crippen molar-refractivity contribution in [1.82, 2.24) is 19.7 Å². The zero-order valence-corrected chi connectivity index (χ0v) is 10.2. The lowest BCUT2D eigenvalue weighted by molar-refractivity contribution is 0.730. The Bertz CT molecular complexity index is 514. The molecule has 0 atom stereocenters. The molecule has 90 valence electrons. The van der Waals surface area contributed by atoms with Crippen LogP contribution in [0.5, 0.6) is 0 Å². The average molecular weight is 232 g/mol. The first-order valence-corrected chi connectivity index (χ1v) is 5.38. The molecule has 6 nitrogen and oxygen atoms in total. The molecule has 0 aliphatic rings. The summed E-state index contributed by atoms with van der Waals surface area (Å²) < 4.78 is 1.87. The Hall–Kier alpha value is -2.11. The van der Waals surface area contributed by atoms with Gasteiger partial charge in [-0.15, -0.1) is 0 Å². The maximum absolute atomic E-state index is 5.52. The lowest BCUT2D eigenvalue weighted by Gasteiger charge is -2.05. The van der Waals surface area contributed by atoms with Gasteiger partial charge in [-0.25, -0.2) is 9.97 Å². The van der Waals surface area contributed by atoms with E-state index in [0.29, 0.717) is 18.2 Å². The highest BCUT2D eigenvalue weighted by Crippen LogP contribution is 2.13. The summed E-state index contributed by atoms with van der Waals surface area (Å²) in [6.07, 6.45) is 3.16. The molecule has 0 bridgehead atoms. The van der Waals surface area contributed by atoms with Gasteiger partial charge in [0.15, 0.2) is 0 Å². The molecule has 17 heavy (non-hydrogen) atoms. The Balaban J connectivity index is 2.09. The fourth-order valence-corrected chi connectivity index (χ4v) is 1.67. The zero-order chi connectivity index (χ0) is 12.4. The molecule has 0 fully saturated rings. The minimum atomic E-state index is 0.560. The molecule has 0 radical (unpaired) electrons. The van der Waals surface area contributed by atoms with Crippen molar-refractivity contribution in [3.05, 3.63) is 29.3 Å². The molecule has 0 amide bonds.